The molecule has 158 valence electrons. The van der Waals surface area contributed by atoms with Gasteiger partial charge in [0, 0.05) is 32.2 Å². The van der Waals surface area contributed by atoms with Crippen LogP contribution in [0.4, 0.5) is 0 Å². The summed E-state index contributed by atoms with van der Waals surface area (Å²) >= 11 is 0. The highest BCUT2D eigenvalue weighted by atomic mass is 16.5. The van der Waals surface area contributed by atoms with Gasteiger partial charge in [0.1, 0.15) is 6.61 Å². The molecule has 0 unspecified atom stereocenters. The van der Waals surface area contributed by atoms with Crippen molar-refractivity contribution in [3.63, 3.8) is 0 Å². The maximum Gasteiger partial charge on any atom is 0.161 e. The van der Waals surface area contributed by atoms with E-state index in [1.807, 2.05) is 25.1 Å². The van der Waals surface area contributed by atoms with Crippen molar-refractivity contribution < 1.29 is 9.47 Å². The Balaban J connectivity index is 1.77. The van der Waals surface area contributed by atoms with Crippen LogP contribution in [0.2, 0.25) is 0 Å². The maximum absolute atomic E-state index is 6.11. The summed E-state index contributed by atoms with van der Waals surface area (Å²) in [4.78, 5) is 2.63. The summed E-state index contributed by atoms with van der Waals surface area (Å²) in [5, 5.41) is 3.48. The van der Waals surface area contributed by atoms with Crippen molar-refractivity contribution in [1.29, 1.82) is 0 Å². The molecule has 1 N–H and O–H groups in total. The molecule has 0 amide bonds. The van der Waals surface area contributed by atoms with E-state index in [-0.39, 0.29) is 0 Å². The van der Waals surface area contributed by atoms with Crippen molar-refractivity contribution in [2.45, 2.75) is 52.2 Å². The standard InChI is InChI=1S/C25H36N2O2/c1-3-5-7-12-23(27-17-15-26-16-18-27)22-13-14-24(25(19-22)28-4-2)29-20-21-10-8-6-9-11-21/h6,8-11,13-14,19,23,26H,3-5,7,12,15-18,20H2,1-2H3/t23-/m0/s1. The fourth-order valence-electron chi connectivity index (χ4n) is 4.00. The van der Waals surface area contributed by atoms with Crippen molar-refractivity contribution >= 4 is 0 Å². The Morgan fingerprint density at radius 2 is 1.72 bits per heavy atom. The van der Waals surface area contributed by atoms with E-state index in [9.17, 15) is 0 Å². The summed E-state index contributed by atoms with van der Waals surface area (Å²) in [5.41, 5.74) is 2.51. The third-order valence-corrected chi connectivity index (χ3v) is 5.56. The van der Waals surface area contributed by atoms with Gasteiger partial charge in [0.05, 0.1) is 6.61 Å². The molecule has 1 saturated heterocycles. The fourth-order valence-corrected chi connectivity index (χ4v) is 4.00. The van der Waals surface area contributed by atoms with E-state index in [4.69, 9.17) is 9.47 Å². The Kier molecular flexibility index (Phi) is 8.84. The predicted octanol–water partition coefficient (Wildman–Crippen LogP) is 5.19. The summed E-state index contributed by atoms with van der Waals surface area (Å²) in [6.07, 6.45) is 5.01. The molecule has 1 atom stereocenters. The molecule has 0 saturated carbocycles. The predicted molar refractivity (Wildman–Crippen MR) is 120 cm³/mol. The van der Waals surface area contributed by atoms with Crippen LogP contribution in [0.5, 0.6) is 11.5 Å². The van der Waals surface area contributed by atoms with Crippen LogP contribution in [0, 0.1) is 0 Å². The molecular weight excluding hydrogens is 360 g/mol. The lowest BCUT2D eigenvalue weighted by molar-refractivity contribution is 0.162. The lowest BCUT2D eigenvalue weighted by Gasteiger charge is -2.35. The van der Waals surface area contributed by atoms with Crippen LogP contribution in [-0.2, 0) is 6.61 Å². The first-order valence-electron chi connectivity index (χ1n) is 11.2. The minimum absolute atomic E-state index is 0.450. The van der Waals surface area contributed by atoms with Crippen LogP contribution < -0.4 is 14.8 Å². The molecule has 29 heavy (non-hydrogen) atoms. The molecule has 2 aromatic carbocycles. The van der Waals surface area contributed by atoms with Crippen LogP contribution >= 0.6 is 0 Å². The number of nitrogens with one attached hydrogen (secondary N) is 1. The molecule has 3 rings (SSSR count). The van der Waals surface area contributed by atoms with Crippen LogP contribution in [0.3, 0.4) is 0 Å². The number of nitrogens with zero attached hydrogens (tertiary/aromatic N) is 1. The van der Waals surface area contributed by atoms with E-state index in [1.165, 1.54) is 31.2 Å². The molecule has 1 aliphatic heterocycles. The number of benzene rings is 2. The molecule has 2 aromatic rings. The molecule has 4 heteroatoms. The SMILES string of the molecule is CCCCC[C@@H](c1ccc(OCc2ccccc2)c(OCC)c1)N1CCNCC1. The van der Waals surface area contributed by atoms with E-state index < -0.39 is 0 Å². The largest absolute Gasteiger partial charge is 0.490 e. The zero-order chi connectivity index (χ0) is 20.3. The summed E-state index contributed by atoms with van der Waals surface area (Å²) in [7, 11) is 0. The van der Waals surface area contributed by atoms with Crippen molar-refractivity contribution in [3.05, 3.63) is 59.7 Å². The Labute approximate surface area is 176 Å². The van der Waals surface area contributed by atoms with Gasteiger partial charge in [-0.25, -0.2) is 0 Å². The molecule has 0 spiro atoms. The molecule has 1 aliphatic rings. The van der Waals surface area contributed by atoms with E-state index in [1.54, 1.807) is 0 Å². The summed E-state index contributed by atoms with van der Waals surface area (Å²) < 4.78 is 12.1. The van der Waals surface area contributed by atoms with Crippen LogP contribution in [-0.4, -0.2) is 37.7 Å². The zero-order valence-electron chi connectivity index (χ0n) is 18.0. The highest BCUT2D eigenvalue weighted by molar-refractivity contribution is 5.44. The second kappa shape index (κ2) is 11.8. The average molecular weight is 397 g/mol. The van der Waals surface area contributed by atoms with Crippen molar-refractivity contribution in [2.24, 2.45) is 0 Å². The third kappa shape index (κ3) is 6.48. The van der Waals surface area contributed by atoms with Gasteiger partial charge >= 0.3 is 0 Å². The topological polar surface area (TPSA) is 33.7 Å². The molecule has 0 radical (unpaired) electrons. The lowest BCUT2D eigenvalue weighted by atomic mass is 9.97. The molecule has 0 aromatic heterocycles. The summed E-state index contributed by atoms with van der Waals surface area (Å²) in [6, 6.07) is 17.3. The number of hydrogen-bond donors (Lipinski definition) is 1. The molecule has 4 nitrogen and oxygen atoms in total. The van der Waals surface area contributed by atoms with E-state index in [0.29, 0.717) is 19.3 Å². The van der Waals surface area contributed by atoms with Gasteiger partial charge in [-0.15, -0.1) is 0 Å². The number of piperazine rings is 1. The quantitative estimate of drug-likeness (QED) is 0.530. The Morgan fingerprint density at radius 3 is 2.45 bits per heavy atom. The fraction of sp³-hybridized carbons (Fsp3) is 0.520. The van der Waals surface area contributed by atoms with Gasteiger partial charge in [0.2, 0.25) is 0 Å². The molecule has 1 heterocycles. The van der Waals surface area contributed by atoms with Crippen LogP contribution in [0.25, 0.3) is 0 Å². The van der Waals surface area contributed by atoms with E-state index in [0.717, 1.165) is 43.2 Å². The van der Waals surface area contributed by atoms with Gasteiger partial charge in [-0.05, 0) is 36.6 Å². The van der Waals surface area contributed by atoms with Gasteiger partial charge in [-0.1, -0.05) is 62.6 Å². The normalized spacial score (nSPS) is 15.8. The van der Waals surface area contributed by atoms with Crippen molar-refractivity contribution in [1.82, 2.24) is 10.2 Å². The first kappa shape index (κ1) is 21.7. The zero-order valence-corrected chi connectivity index (χ0v) is 18.0. The first-order valence-corrected chi connectivity index (χ1v) is 11.2. The Bertz CT molecular complexity index is 714. The average Bonchev–Trinajstić information content (AvgIpc) is 2.77. The molecular formula is C25H36N2O2. The number of unbranched alkanes of at least 4 members (excludes halogenated alkanes) is 2. The Morgan fingerprint density at radius 1 is 0.931 bits per heavy atom. The molecule has 1 fully saturated rings. The third-order valence-electron chi connectivity index (χ3n) is 5.56. The molecule has 0 aliphatic carbocycles. The van der Waals surface area contributed by atoms with Gasteiger partial charge in [0.15, 0.2) is 11.5 Å². The van der Waals surface area contributed by atoms with Gasteiger partial charge < -0.3 is 14.8 Å². The number of hydrogen-bond acceptors (Lipinski definition) is 4. The van der Waals surface area contributed by atoms with Crippen LogP contribution in [0.15, 0.2) is 48.5 Å². The number of ether oxygens (including phenoxy) is 2. The van der Waals surface area contributed by atoms with E-state index in [2.05, 4.69) is 47.5 Å². The van der Waals surface area contributed by atoms with Gasteiger partial charge in [-0.3, -0.25) is 4.90 Å². The van der Waals surface area contributed by atoms with Gasteiger partial charge in [0.25, 0.3) is 0 Å². The Hall–Kier alpha value is -2.04. The molecule has 0 bridgehead atoms. The highest BCUT2D eigenvalue weighted by Gasteiger charge is 2.23. The van der Waals surface area contributed by atoms with Gasteiger partial charge in [-0.2, -0.15) is 0 Å². The second-order valence-corrected chi connectivity index (χ2v) is 7.71. The minimum Gasteiger partial charge on any atom is -0.490 e. The monoisotopic (exact) mass is 396 g/mol. The number of rotatable bonds is 11. The summed E-state index contributed by atoms with van der Waals surface area (Å²) in [6.45, 7) is 9.84. The smallest absolute Gasteiger partial charge is 0.161 e. The first-order chi connectivity index (χ1) is 14.3. The summed E-state index contributed by atoms with van der Waals surface area (Å²) in [5.74, 6) is 1.68. The maximum atomic E-state index is 6.11. The van der Waals surface area contributed by atoms with Crippen molar-refractivity contribution in [3.8, 4) is 11.5 Å². The van der Waals surface area contributed by atoms with E-state index >= 15 is 0 Å². The highest BCUT2D eigenvalue weighted by Crippen LogP contribution is 2.35. The van der Waals surface area contributed by atoms with Crippen LogP contribution in [0.1, 0.15) is 56.7 Å². The minimum atomic E-state index is 0.450. The lowest BCUT2D eigenvalue weighted by Crippen LogP contribution is -2.45. The van der Waals surface area contributed by atoms with Crippen molar-refractivity contribution in [2.75, 3.05) is 32.8 Å². The second-order valence-electron chi connectivity index (χ2n) is 7.71.